The number of methoxy groups -OCH3 is 1. The van der Waals surface area contributed by atoms with Crippen LogP contribution >= 0.6 is 11.6 Å². The van der Waals surface area contributed by atoms with E-state index in [1.165, 1.54) is 13.2 Å². The Hall–Kier alpha value is -2.34. The van der Waals surface area contributed by atoms with Gasteiger partial charge in [0.15, 0.2) is 17.5 Å². The molecule has 0 bridgehead atoms. The van der Waals surface area contributed by atoms with Gasteiger partial charge in [-0.1, -0.05) is 23.7 Å². The van der Waals surface area contributed by atoms with E-state index in [9.17, 15) is 4.39 Å². The van der Waals surface area contributed by atoms with Crippen LogP contribution in [0, 0.1) is 5.82 Å². The van der Waals surface area contributed by atoms with Gasteiger partial charge in [-0.3, -0.25) is 0 Å². The summed E-state index contributed by atoms with van der Waals surface area (Å²) in [6.45, 7) is 3.81. The molecule has 2 N–H and O–H groups in total. The molecule has 0 saturated carbocycles. The highest BCUT2D eigenvalue weighted by Gasteiger charge is 2.04. The first-order valence-electron chi connectivity index (χ1n) is 8.07. The van der Waals surface area contributed by atoms with Crippen molar-refractivity contribution in [2.45, 2.75) is 19.9 Å². The van der Waals surface area contributed by atoms with Crippen LogP contribution in [-0.2, 0) is 13.0 Å². The summed E-state index contributed by atoms with van der Waals surface area (Å²) in [5.41, 5.74) is 1.86. The van der Waals surface area contributed by atoms with Crippen molar-refractivity contribution < 1.29 is 9.13 Å². The molecule has 2 rings (SSSR count). The summed E-state index contributed by atoms with van der Waals surface area (Å²) in [6, 6.07) is 8.56. The molecule has 0 aliphatic carbocycles. The summed E-state index contributed by atoms with van der Waals surface area (Å²) in [6.07, 6.45) is 2.56. The first-order chi connectivity index (χ1) is 12.1. The number of aromatic nitrogens is 1. The third-order valence-electron chi connectivity index (χ3n) is 3.47. The van der Waals surface area contributed by atoms with Gasteiger partial charge in [0, 0.05) is 19.3 Å². The fourth-order valence-corrected chi connectivity index (χ4v) is 2.31. The van der Waals surface area contributed by atoms with Gasteiger partial charge in [-0.2, -0.15) is 0 Å². The molecule has 0 amide bonds. The van der Waals surface area contributed by atoms with E-state index in [4.69, 9.17) is 16.3 Å². The summed E-state index contributed by atoms with van der Waals surface area (Å²) in [5, 5.41) is 6.90. The van der Waals surface area contributed by atoms with Crippen LogP contribution in [0.5, 0.6) is 5.75 Å². The summed E-state index contributed by atoms with van der Waals surface area (Å²) in [4.78, 5) is 8.53. The lowest BCUT2D eigenvalue weighted by Gasteiger charge is -2.11. The lowest BCUT2D eigenvalue weighted by atomic mass is 10.2. The average molecular weight is 365 g/mol. The van der Waals surface area contributed by atoms with Gasteiger partial charge in [0.25, 0.3) is 0 Å². The number of hydrogen-bond acceptors (Lipinski definition) is 3. The van der Waals surface area contributed by atoms with Crippen LogP contribution in [-0.4, -0.2) is 31.1 Å². The van der Waals surface area contributed by atoms with E-state index in [2.05, 4.69) is 20.6 Å². The molecular formula is C18H22ClFN4O. The number of benzene rings is 1. The minimum absolute atomic E-state index is 0.231. The van der Waals surface area contributed by atoms with Crippen LogP contribution in [0.2, 0.25) is 5.15 Å². The summed E-state index contributed by atoms with van der Waals surface area (Å²) < 4.78 is 18.6. The van der Waals surface area contributed by atoms with E-state index < -0.39 is 0 Å². The molecule has 7 heteroatoms. The molecule has 2 aromatic rings. The van der Waals surface area contributed by atoms with Gasteiger partial charge in [0.2, 0.25) is 0 Å². The van der Waals surface area contributed by atoms with Crippen molar-refractivity contribution in [3.63, 3.8) is 0 Å². The van der Waals surface area contributed by atoms with Gasteiger partial charge >= 0.3 is 0 Å². The van der Waals surface area contributed by atoms with Crippen LogP contribution in [0.4, 0.5) is 4.39 Å². The van der Waals surface area contributed by atoms with Crippen molar-refractivity contribution in [3.8, 4) is 5.75 Å². The monoisotopic (exact) mass is 364 g/mol. The number of nitrogens with one attached hydrogen (secondary N) is 2. The molecule has 1 aromatic carbocycles. The Morgan fingerprint density at radius 3 is 2.68 bits per heavy atom. The molecule has 134 valence electrons. The fourth-order valence-electron chi connectivity index (χ4n) is 2.20. The van der Waals surface area contributed by atoms with E-state index >= 15 is 0 Å². The molecule has 0 atom stereocenters. The van der Waals surface area contributed by atoms with Crippen molar-refractivity contribution in [3.05, 3.63) is 58.6 Å². The molecule has 0 radical (unpaired) electrons. The molecular weight excluding hydrogens is 343 g/mol. The maximum Gasteiger partial charge on any atom is 0.191 e. The largest absolute Gasteiger partial charge is 0.494 e. The number of halogens is 2. The van der Waals surface area contributed by atoms with Gasteiger partial charge in [-0.15, -0.1) is 0 Å². The quantitative estimate of drug-likeness (QED) is 0.450. The molecule has 0 aliphatic heterocycles. The Bertz CT molecular complexity index is 707. The molecule has 0 fully saturated rings. The van der Waals surface area contributed by atoms with Crippen molar-refractivity contribution >= 4 is 17.6 Å². The molecule has 1 aromatic heterocycles. The number of hydrogen-bond donors (Lipinski definition) is 2. The Morgan fingerprint density at radius 1 is 1.24 bits per heavy atom. The van der Waals surface area contributed by atoms with E-state index in [0.29, 0.717) is 24.2 Å². The molecule has 0 saturated heterocycles. The number of guanidine groups is 1. The van der Waals surface area contributed by atoms with E-state index in [1.807, 2.05) is 13.0 Å². The first kappa shape index (κ1) is 19.0. The maximum absolute atomic E-state index is 13.7. The number of rotatable bonds is 7. The van der Waals surface area contributed by atoms with Gasteiger partial charge < -0.3 is 15.4 Å². The fraction of sp³-hybridized carbons (Fsp3) is 0.333. The van der Waals surface area contributed by atoms with Gasteiger partial charge in [-0.25, -0.2) is 14.4 Å². The highest BCUT2D eigenvalue weighted by Crippen LogP contribution is 2.18. The first-order valence-corrected chi connectivity index (χ1v) is 8.45. The molecule has 5 nitrogen and oxygen atoms in total. The number of ether oxygens (including phenoxy) is 1. The molecule has 0 unspecified atom stereocenters. The zero-order valence-electron chi connectivity index (χ0n) is 14.4. The van der Waals surface area contributed by atoms with Crippen LogP contribution in [0.15, 0.2) is 41.5 Å². The summed E-state index contributed by atoms with van der Waals surface area (Å²) >= 11 is 5.78. The Kier molecular flexibility index (Phi) is 7.47. The number of aliphatic imine (C=N–C) groups is 1. The second kappa shape index (κ2) is 9.84. The second-order valence-electron chi connectivity index (χ2n) is 5.33. The predicted octanol–water partition coefficient (Wildman–Crippen LogP) is 3.18. The Labute approximate surface area is 152 Å². The number of nitrogens with zero attached hydrogens (tertiary/aromatic N) is 2. The smallest absolute Gasteiger partial charge is 0.191 e. The lowest BCUT2D eigenvalue weighted by molar-refractivity contribution is 0.386. The molecule has 0 aliphatic rings. The molecule has 0 spiro atoms. The second-order valence-corrected chi connectivity index (χ2v) is 5.72. The van der Waals surface area contributed by atoms with Gasteiger partial charge in [0.05, 0.1) is 13.7 Å². The van der Waals surface area contributed by atoms with Crippen molar-refractivity contribution in [2.24, 2.45) is 4.99 Å². The lowest BCUT2D eigenvalue weighted by Crippen LogP contribution is -2.38. The van der Waals surface area contributed by atoms with E-state index in [1.54, 1.807) is 24.4 Å². The molecule has 25 heavy (non-hydrogen) atoms. The third-order valence-corrected chi connectivity index (χ3v) is 3.70. The van der Waals surface area contributed by atoms with E-state index in [-0.39, 0.29) is 11.6 Å². The average Bonchev–Trinajstić information content (AvgIpc) is 2.61. The van der Waals surface area contributed by atoms with Crippen LogP contribution in [0.3, 0.4) is 0 Å². The van der Waals surface area contributed by atoms with Gasteiger partial charge in [-0.05, 0) is 42.7 Å². The van der Waals surface area contributed by atoms with Crippen LogP contribution in [0.25, 0.3) is 0 Å². The summed E-state index contributed by atoms with van der Waals surface area (Å²) in [7, 11) is 1.44. The third kappa shape index (κ3) is 6.23. The zero-order chi connectivity index (χ0) is 18.1. The SMILES string of the molecule is CCNC(=NCc1ccc(OC)c(F)c1)NCCc1ccc(Cl)nc1. The van der Waals surface area contributed by atoms with Crippen molar-refractivity contribution in [1.82, 2.24) is 15.6 Å². The van der Waals surface area contributed by atoms with Crippen LogP contribution < -0.4 is 15.4 Å². The van der Waals surface area contributed by atoms with E-state index in [0.717, 1.165) is 24.1 Å². The highest BCUT2D eigenvalue weighted by atomic mass is 35.5. The number of pyridine rings is 1. The summed E-state index contributed by atoms with van der Waals surface area (Å²) in [5.74, 6) is 0.526. The van der Waals surface area contributed by atoms with Crippen molar-refractivity contribution in [1.29, 1.82) is 0 Å². The maximum atomic E-state index is 13.7. The standard InChI is InChI=1S/C18H22ClFN4O/c1-3-21-18(22-9-8-13-5-7-17(19)23-11-13)24-12-14-4-6-16(25-2)15(20)10-14/h4-7,10-11H,3,8-9,12H2,1-2H3,(H2,21,22,24). The Morgan fingerprint density at radius 2 is 2.04 bits per heavy atom. The minimum Gasteiger partial charge on any atom is -0.494 e. The van der Waals surface area contributed by atoms with Crippen LogP contribution in [0.1, 0.15) is 18.1 Å². The Balaban J connectivity index is 1.91. The minimum atomic E-state index is -0.386. The normalized spacial score (nSPS) is 11.3. The topological polar surface area (TPSA) is 58.5 Å². The predicted molar refractivity (Wildman–Crippen MR) is 98.7 cm³/mol. The molecule has 1 heterocycles. The zero-order valence-corrected chi connectivity index (χ0v) is 15.1. The van der Waals surface area contributed by atoms with Crippen molar-refractivity contribution in [2.75, 3.05) is 20.2 Å². The van der Waals surface area contributed by atoms with Gasteiger partial charge in [0.1, 0.15) is 5.15 Å². The highest BCUT2D eigenvalue weighted by molar-refractivity contribution is 6.29.